The van der Waals surface area contributed by atoms with Gasteiger partial charge in [-0.25, -0.2) is 9.97 Å². The fourth-order valence-electron chi connectivity index (χ4n) is 4.28. The molecule has 2 saturated heterocycles. The third-order valence-corrected chi connectivity index (χ3v) is 5.84. The SMILES string of the molecule is COc1ccc(C2CCCN2C(=O)c2cnc(N3CCCCC3)nc2)c(OC)c1. The molecule has 1 aromatic carbocycles. The standard InChI is InChI=1S/C22H28N4O3/c1-28-17-8-9-18(20(13-17)29-2)19-7-6-12-26(19)21(27)16-14-23-22(24-15-16)25-10-4-3-5-11-25/h8-9,13-15,19H,3-7,10-12H2,1-2H3. The van der Waals surface area contributed by atoms with Crippen LogP contribution in [0.1, 0.15) is 54.1 Å². The number of hydrogen-bond acceptors (Lipinski definition) is 6. The van der Waals surface area contributed by atoms with Crippen molar-refractivity contribution in [2.45, 2.75) is 38.1 Å². The lowest BCUT2D eigenvalue weighted by Gasteiger charge is -2.28. The Labute approximate surface area is 171 Å². The zero-order valence-corrected chi connectivity index (χ0v) is 17.1. The molecule has 1 amide bonds. The van der Waals surface area contributed by atoms with Gasteiger partial charge in [0, 0.05) is 43.7 Å². The second-order valence-corrected chi connectivity index (χ2v) is 7.58. The highest BCUT2D eigenvalue weighted by molar-refractivity contribution is 5.94. The lowest BCUT2D eigenvalue weighted by molar-refractivity contribution is 0.0733. The second kappa shape index (κ2) is 8.68. The van der Waals surface area contributed by atoms with Crippen molar-refractivity contribution in [1.82, 2.24) is 14.9 Å². The van der Waals surface area contributed by atoms with Crippen LogP contribution in [0.25, 0.3) is 0 Å². The number of piperidine rings is 1. The molecule has 0 aliphatic carbocycles. The number of carbonyl (C=O) groups is 1. The molecule has 2 aliphatic heterocycles. The van der Waals surface area contributed by atoms with E-state index >= 15 is 0 Å². The van der Waals surface area contributed by atoms with E-state index in [9.17, 15) is 4.79 Å². The number of hydrogen-bond donors (Lipinski definition) is 0. The molecule has 2 aliphatic rings. The number of nitrogens with zero attached hydrogens (tertiary/aromatic N) is 4. The first-order chi connectivity index (χ1) is 14.2. The molecule has 154 valence electrons. The zero-order valence-electron chi connectivity index (χ0n) is 17.1. The van der Waals surface area contributed by atoms with Crippen LogP contribution in [0, 0.1) is 0 Å². The maximum absolute atomic E-state index is 13.2. The molecule has 1 atom stereocenters. The van der Waals surface area contributed by atoms with E-state index in [0.29, 0.717) is 12.1 Å². The van der Waals surface area contributed by atoms with Crippen LogP contribution in [0.15, 0.2) is 30.6 Å². The first-order valence-corrected chi connectivity index (χ1v) is 10.3. The van der Waals surface area contributed by atoms with Crippen molar-refractivity contribution in [2.24, 2.45) is 0 Å². The number of aromatic nitrogens is 2. The summed E-state index contributed by atoms with van der Waals surface area (Å²) in [6.45, 7) is 2.68. The molecular weight excluding hydrogens is 368 g/mol. The molecular formula is C22H28N4O3. The zero-order chi connectivity index (χ0) is 20.2. The highest BCUT2D eigenvalue weighted by atomic mass is 16.5. The Morgan fingerprint density at radius 1 is 1.00 bits per heavy atom. The molecule has 0 saturated carbocycles. The van der Waals surface area contributed by atoms with Gasteiger partial charge in [-0.15, -0.1) is 0 Å². The van der Waals surface area contributed by atoms with E-state index in [1.54, 1.807) is 26.6 Å². The van der Waals surface area contributed by atoms with Crippen molar-refractivity contribution in [3.8, 4) is 11.5 Å². The minimum Gasteiger partial charge on any atom is -0.497 e. The van der Waals surface area contributed by atoms with Gasteiger partial charge >= 0.3 is 0 Å². The van der Waals surface area contributed by atoms with Gasteiger partial charge in [-0.3, -0.25) is 4.79 Å². The van der Waals surface area contributed by atoms with Crippen molar-refractivity contribution in [1.29, 1.82) is 0 Å². The summed E-state index contributed by atoms with van der Waals surface area (Å²) in [6.07, 6.45) is 8.80. The number of carbonyl (C=O) groups excluding carboxylic acids is 1. The summed E-state index contributed by atoms with van der Waals surface area (Å²) in [5, 5.41) is 0. The van der Waals surface area contributed by atoms with Gasteiger partial charge in [0.15, 0.2) is 0 Å². The topological polar surface area (TPSA) is 67.8 Å². The summed E-state index contributed by atoms with van der Waals surface area (Å²) in [7, 11) is 3.28. The van der Waals surface area contributed by atoms with Crippen LogP contribution >= 0.6 is 0 Å². The smallest absolute Gasteiger partial charge is 0.257 e. The molecule has 7 nitrogen and oxygen atoms in total. The number of benzene rings is 1. The van der Waals surface area contributed by atoms with E-state index in [4.69, 9.17) is 9.47 Å². The second-order valence-electron chi connectivity index (χ2n) is 7.58. The Morgan fingerprint density at radius 2 is 1.76 bits per heavy atom. The predicted molar refractivity (Wildman–Crippen MR) is 111 cm³/mol. The fourth-order valence-corrected chi connectivity index (χ4v) is 4.28. The van der Waals surface area contributed by atoms with E-state index in [1.807, 2.05) is 23.1 Å². The molecule has 0 bridgehead atoms. The lowest BCUT2D eigenvalue weighted by atomic mass is 10.0. The van der Waals surface area contributed by atoms with Gasteiger partial charge in [-0.1, -0.05) is 0 Å². The van der Waals surface area contributed by atoms with Crippen LogP contribution in [-0.2, 0) is 0 Å². The van der Waals surface area contributed by atoms with E-state index in [0.717, 1.165) is 48.9 Å². The van der Waals surface area contributed by atoms with Crippen LogP contribution in [0.2, 0.25) is 0 Å². The minimum atomic E-state index is -0.0319. The van der Waals surface area contributed by atoms with Crippen LogP contribution in [-0.4, -0.2) is 54.6 Å². The highest BCUT2D eigenvalue weighted by Gasteiger charge is 2.33. The van der Waals surface area contributed by atoms with Crippen molar-refractivity contribution in [3.05, 3.63) is 41.7 Å². The van der Waals surface area contributed by atoms with Crippen LogP contribution in [0.4, 0.5) is 5.95 Å². The third-order valence-electron chi connectivity index (χ3n) is 5.84. The van der Waals surface area contributed by atoms with Crippen LogP contribution < -0.4 is 14.4 Å². The van der Waals surface area contributed by atoms with Crippen molar-refractivity contribution >= 4 is 11.9 Å². The van der Waals surface area contributed by atoms with Gasteiger partial charge in [-0.05, 0) is 44.2 Å². The number of likely N-dealkylation sites (tertiary alicyclic amines) is 1. The number of ether oxygens (including phenoxy) is 2. The molecule has 0 spiro atoms. The molecule has 4 rings (SSSR count). The molecule has 2 fully saturated rings. The number of amides is 1. The largest absolute Gasteiger partial charge is 0.497 e. The predicted octanol–water partition coefficient (Wildman–Crippen LogP) is 3.46. The van der Waals surface area contributed by atoms with Gasteiger partial charge in [0.1, 0.15) is 11.5 Å². The Morgan fingerprint density at radius 3 is 2.45 bits per heavy atom. The van der Waals surface area contributed by atoms with Crippen molar-refractivity contribution in [3.63, 3.8) is 0 Å². The maximum atomic E-state index is 13.2. The van der Waals surface area contributed by atoms with E-state index < -0.39 is 0 Å². The highest BCUT2D eigenvalue weighted by Crippen LogP contribution is 2.39. The lowest BCUT2D eigenvalue weighted by Crippen LogP contribution is -2.32. The summed E-state index contributed by atoms with van der Waals surface area (Å²) >= 11 is 0. The van der Waals surface area contributed by atoms with Crippen molar-refractivity contribution in [2.75, 3.05) is 38.8 Å². The van der Waals surface area contributed by atoms with Gasteiger partial charge in [-0.2, -0.15) is 0 Å². The van der Waals surface area contributed by atoms with Crippen molar-refractivity contribution < 1.29 is 14.3 Å². The molecule has 29 heavy (non-hydrogen) atoms. The Balaban J connectivity index is 1.53. The maximum Gasteiger partial charge on any atom is 0.257 e. The molecule has 7 heteroatoms. The average molecular weight is 396 g/mol. The average Bonchev–Trinajstić information content (AvgIpc) is 3.28. The summed E-state index contributed by atoms with van der Waals surface area (Å²) in [5.74, 6) is 2.17. The monoisotopic (exact) mass is 396 g/mol. The molecule has 2 aromatic rings. The van der Waals surface area contributed by atoms with E-state index in [-0.39, 0.29) is 11.9 Å². The quantitative estimate of drug-likeness (QED) is 0.771. The molecule has 1 aromatic heterocycles. The Hall–Kier alpha value is -2.83. The molecule has 0 radical (unpaired) electrons. The molecule has 3 heterocycles. The fraction of sp³-hybridized carbons (Fsp3) is 0.500. The summed E-state index contributed by atoms with van der Waals surface area (Å²) < 4.78 is 10.9. The Kier molecular flexibility index (Phi) is 5.83. The summed E-state index contributed by atoms with van der Waals surface area (Å²) in [5.41, 5.74) is 1.54. The number of rotatable bonds is 5. The summed E-state index contributed by atoms with van der Waals surface area (Å²) in [6, 6.07) is 5.75. The Bertz CT molecular complexity index is 850. The number of methoxy groups -OCH3 is 2. The van der Waals surface area contributed by atoms with Crippen LogP contribution in [0.3, 0.4) is 0 Å². The molecule has 0 N–H and O–H groups in total. The first-order valence-electron chi connectivity index (χ1n) is 10.3. The van der Waals surface area contributed by atoms with Gasteiger partial charge in [0.05, 0.1) is 25.8 Å². The normalized spacial score (nSPS) is 19.3. The summed E-state index contributed by atoms with van der Waals surface area (Å²) in [4.78, 5) is 26.3. The number of anilines is 1. The van der Waals surface area contributed by atoms with Crippen LogP contribution in [0.5, 0.6) is 11.5 Å². The minimum absolute atomic E-state index is 0.0230. The van der Waals surface area contributed by atoms with E-state index in [2.05, 4.69) is 14.9 Å². The first kappa shape index (κ1) is 19.5. The van der Waals surface area contributed by atoms with Gasteiger partial charge < -0.3 is 19.3 Å². The molecule has 1 unspecified atom stereocenters. The van der Waals surface area contributed by atoms with Gasteiger partial charge in [0.2, 0.25) is 5.95 Å². The van der Waals surface area contributed by atoms with Gasteiger partial charge in [0.25, 0.3) is 5.91 Å². The van der Waals surface area contributed by atoms with E-state index in [1.165, 1.54) is 19.3 Å². The third kappa shape index (κ3) is 3.99.